The molecule has 0 heterocycles. The van der Waals surface area contributed by atoms with Crippen molar-refractivity contribution in [3.63, 3.8) is 0 Å². The topological polar surface area (TPSA) is 20.2 Å². The molecule has 1 nitrogen and oxygen atoms in total. The van der Waals surface area contributed by atoms with E-state index in [4.69, 9.17) is 0 Å². The summed E-state index contributed by atoms with van der Waals surface area (Å²) < 4.78 is 0. The van der Waals surface area contributed by atoms with E-state index >= 15 is 0 Å². The Labute approximate surface area is 98.5 Å². The summed E-state index contributed by atoms with van der Waals surface area (Å²) in [7, 11) is 0. The number of benzene rings is 1. The van der Waals surface area contributed by atoms with Crippen molar-refractivity contribution in [2.75, 3.05) is 0 Å². The van der Waals surface area contributed by atoms with Crippen LogP contribution in [-0.2, 0) is 5.60 Å². The Kier molecular flexibility index (Phi) is 3.07. The third kappa shape index (κ3) is 2.01. The predicted molar refractivity (Wildman–Crippen MR) is 67.3 cm³/mol. The van der Waals surface area contributed by atoms with Gasteiger partial charge in [-0.3, -0.25) is 0 Å². The molecule has 1 heteroatoms. The highest BCUT2D eigenvalue weighted by atomic mass is 16.3. The molecule has 1 aliphatic rings. The zero-order valence-corrected chi connectivity index (χ0v) is 10.5. The molecule has 0 spiro atoms. The molecular weight excluding hydrogens is 196 g/mol. The van der Waals surface area contributed by atoms with Crippen LogP contribution in [0.3, 0.4) is 0 Å². The zero-order valence-electron chi connectivity index (χ0n) is 10.5. The molecular formula is C15H22O. The van der Waals surface area contributed by atoms with Crippen molar-refractivity contribution in [2.24, 2.45) is 11.8 Å². The second kappa shape index (κ2) is 4.21. The number of aliphatic hydroxyl groups is 1. The molecule has 0 aliphatic heterocycles. The normalized spacial score (nSPS) is 35.0. The molecule has 2 rings (SSSR count). The first kappa shape index (κ1) is 11.7. The average Bonchev–Trinajstić information content (AvgIpc) is 2.25. The van der Waals surface area contributed by atoms with Crippen molar-refractivity contribution < 1.29 is 5.11 Å². The van der Waals surface area contributed by atoms with Crippen LogP contribution < -0.4 is 0 Å². The number of rotatable bonds is 1. The molecule has 0 saturated heterocycles. The van der Waals surface area contributed by atoms with Crippen molar-refractivity contribution in [1.29, 1.82) is 0 Å². The lowest BCUT2D eigenvalue weighted by molar-refractivity contribution is -0.0587. The smallest absolute Gasteiger partial charge is 0.0922 e. The Morgan fingerprint density at radius 2 is 1.81 bits per heavy atom. The van der Waals surface area contributed by atoms with Gasteiger partial charge in [0.05, 0.1) is 5.60 Å². The van der Waals surface area contributed by atoms with Crippen LogP contribution in [0.25, 0.3) is 0 Å². The molecule has 16 heavy (non-hydrogen) atoms. The van der Waals surface area contributed by atoms with E-state index in [1.807, 2.05) is 0 Å². The Morgan fingerprint density at radius 1 is 1.19 bits per heavy atom. The largest absolute Gasteiger partial charge is 0.385 e. The van der Waals surface area contributed by atoms with E-state index in [9.17, 15) is 5.11 Å². The highest BCUT2D eigenvalue weighted by Gasteiger charge is 2.39. The molecule has 1 aliphatic carbocycles. The Hall–Kier alpha value is -0.820. The first-order chi connectivity index (χ1) is 7.52. The quantitative estimate of drug-likeness (QED) is 0.763. The fourth-order valence-corrected chi connectivity index (χ4v) is 2.90. The minimum atomic E-state index is -0.597. The van der Waals surface area contributed by atoms with Crippen LogP contribution in [0.2, 0.25) is 0 Å². The van der Waals surface area contributed by atoms with Gasteiger partial charge in [-0.25, -0.2) is 0 Å². The number of hydrogen-bond donors (Lipinski definition) is 1. The fraction of sp³-hybridized carbons (Fsp3) is 0.600. The number of hydrogen-bond acceptors (Lipinski definition) is 1. The summed E-state index contributed by atoms with van der Waals surface area (Å²) in [5, 5.41) is 10.8. The standard InChI is InChI=1S/C15H22O/c1-11-4-6-14(7-5-11)15(16)9-8-12(2)10-13(15)3/h4-7,12-13,16H,8-10H2,1-3H3. The maximum atomic E-state index is 10.8. The van der Waals surface area contributed by atoms with Gasteiger partial charge in [0.25, 0.3) is 0 Å². The van der Waals surface area contributed by atoms with Crippen LogP contribution in [0, 0.1) is 18.8 Å². The van der Waals surface area contributed by atoms with E-state index in [0.717, 1.165) is 30.7 Å². The Bertz CT molecular complexity index is 354. The Morgan fingerprint density at radius 3 is 2.38 bits per heavy atom. The molecule has 88 valence electrons. The summed E-state index contributed by atoms with van der Waals surface area (Å²) in [6.07, 6.45) is 3.16. The molecule has 1 N–H and O–H groups in total. The maximum absolute atomic E-state index is 10.8. The van der Waals surface area contributed by atoms with Gasteiger partial charge < -0.3 is 5.11 Å². The van der Waals surface area contributed by atoms with Gasteiger partial charge in [0, 0.05) is 0 Å². The van der Waals surface area contributed by atoms with Crippen molar-refractivity contribution in [3.8, 4) is 0 Å². The highest BCUT2D eigenvalue weighted by molar-refractivity contribution is 5.27. The molecule has 1 aromatic carbocycles. The molecule has 1 aromatic rings. The van der Waals surface area contributed by atoms with Gasteiger partial charge in [-0.05, 0) is 43.6 Å². The second-order valence-corrected chi connectivity index (χ2v) is 5.57. The molecule has 3 atom stereocenters. The van der Waals surface area contributed by atoms with E-state index in [0.29, 0.717) is 5.92 Å². The second-order valence-electron chi connectivity index (χ2n) is 5.57. The van der Waals surface area contributed by atoms with E-state index in [2.05, 4.69) is 45.0 Å². The van der Waals surface area contributed by atoms with Crippen LogP contribution in [0.15, 0.2) is 24.3 Å². The first-order valence-electron chi connectivity index (χ1n) is 6.32. The summed E-state index contributed by atoms with van der Waals surface area (Å²) in [6, 6.07) is 8.36. The van der Waals surface area contributed by atoms with Crippen molar-refractivity contribution >= 4 is 0 Å². The summed E-state index contributed by atoms with van der Waals surface area (Å²) >= 11 is 0. The zero-order chi connectivity index (χ0) is 11.8. The molecule has 0 radical (unpaired) electrons. The van der Waals surface area contributed by atoms with Gasteiger partial charge in [-0.15, -0.1) is 0 Å². The SMILES string of the molecule is Cc1ccc(C2(O)CCC(C)CC2C)cc1. The third-order valence-electron chi connectivity index (χ3n) is 4.14. The van der Waals surface area contributed by atoms with E-state index in [1.165, 1.54) is 5.56 Å². The monoisotopic (exact) mass is 218 g/mol. The lowest BCUT2D eigenvalue weighted by Gasteiger charge is -2.41. The molecule has 0 bridgehead atoms. The summed E-state index contributed by atoms with van der Waals surface area (Å²) in [5.41, 5.74) is 1.75. The fourth-order valence-electron chi connectivity index (χ4n) is 2.90. The van der Waals surface area contributed by atoms with Gasteiger partial charge in [-0.1, -0.05) is 43.7 Å². The Balaban J connectivity index is 2.27. The first-order valence-corrected chi connectivity index (χ1v) is 6.32. The number of aryl methyl sites for hydroxylation is 1. The van der Waals surface area contributed by atoms with Gasteiger partial charge in [0.15, 0.2) is 0 Å². The van der Waals surface area contributed by atoms with E-state index in [-0.39, 0.29) is 0 Å². The maximum Gasteiger partial charge on any atom is 0.0922 e. The average molecular weight is 218 g/mol. The third-order valence-corrected chi connectivity index (χ3v) is 4.14. The van der Waals surface area contributed by atoms with Crippen LogP contribution >= 0.6 is 0 Å². The van der Waals surface area contributed by atoms with Crippen molar-refractivity contribution in [3.05, 3.63) is 35.4 Å². The summed E-state index contributed by atoms with van der Waals surface area (Å²) in [6.45, 7) is 6.54. The van der Waals surface area contributed by atoms with Crippen molar-refractivity contribution in [1.82, 2.24) is 0 Å². The van der Waals surface area contributed by atoms with Crippen molar-refractivity contribution in [2.45, 2.75) is 45.6 Å². The van der Waals surface area contributed by atoms with E-state index in [1.54, 1.807) is 0 Å². The van der Waals surface area contributed by atoms with Gasteiger partial charge in [0.1, 0.15) is 0 Å². The van der Waals surface area contributed by atoms with Gasteiger partial charge in [-0.2, -0.15) is 0 Å². The predicted octanol–water partition coefficient (Wildman–Crippen LogP) is 3.64. The van der Waals surface area contributed by atoms with Crippen LogP contribution in [0.4, 0.5) is 0 Å². The molecule has 0 aromatic heterocycles. The van der Waals surface area contributed by atoms with Gasteiger partial charge >= 0.3 is 0 Å². The van der Waals surface area contributed by atoms with Crippen LogP contribution in [-0.4, -0.2) is 5.11 Å². The highest BCUT2D eigenvalue weighted by Crippen LogP contribution is 2.43. The lowest BCUT2D eigenvalue weighted by atomic mass is 9.69. The van der Waals surface area contributed by atoms with Crippen LogP contribution in [0.5, 0.6) is 0 Å². The molecule has 3 unspecified atom stereocenters. The minimum Gasteiger partial charge on any atom is -0.385 e. The van der Waals surface area contributed by atoms with Crippen LogP contribution in [0.1, 0.15) is 44.2 Å². The molecule has 1 saturated carbocycles. The summed E-state index contributed by atoms with van der Waals surface area (Å²) in [5.74, 6) is 1.11. The van der Waals surface area contributed by atoms with Gasteiger partial charge in [0.2, 0.25) is 0 Å². The minimum absolute atomic E-state index is 0.360. The van der Waals surface area contributed by atoms with E-state index < -0.39 is 5.60 Å². The summed E-state index contributed by atoms with van der Waals surface area (Å²) in [4.78, 5) is 0. The lowest BCUT2D eigenvalue weighted by Crippen LogP contribution is -2.38. The molecule has 1 fully saturated rings. The molecule has 0 amide bonds.